The van der Waals surface area contributed by atoms with Gasteiger partial charge in [-0.1, -0.05) is 6.07 Å². The number of aryl methyl sites for hydroxylation is 2. The van der Waals surface area contributed by atoms with Crippen molar-refractivity contribution in [2.75, 3.05) is 12.0 Å². The van der Waals surface area contributed by atoms with Gasteiger partial charge in [0.1, 0.15) is 5.75 Å². The van der Waals surface area contributed by atoms with Gasteiger partial charge < -0.3 is 9.64 Å². The van der Waals surface area contributed by atoms with Crippen LogP contribution in [0.25, 0.3) is 11.0 Å². The van der Waals surface area contributed by atoms with Gasteiger partial charge in [-0.25, -0.2) is 4.98 Å². The molecule has 28 heavy (non-hydrogen) atoms. The Balaban J connectivity index is 1.74. The molecule has 0 N–H and O–H groups in total. The normalized spacial score (nSPS) is 11.0. The van der Waals surface area contributed by atoms with Crippen molar-refractivity contribution in [3.05, 3.63) is 70.2 Å². The number of pyridine rings is 1. The van der Waals surface area contributed by atoms with Crippen molar-refractivity contribution < 1.29 is 9.53 Å². The summed E-state index contributed by atoms with van der Waals surface area (Å²) in [4.78, 5) is 20.7. The topological polar surface area (TPSA) is 60.2 Å². The smallest absolute Gasteiger partial charge is 0.260 e. The second-order valence-electron chi connectivity index (χ2n) is 6.47. The number of rotatable bonds is 5. The molecular weight excluding hydrogens is 372 g/mol. The van der Waals surface area contributed by atoms with Crippen LogP contribution < -0.4 is 9.64 Å². The standard InChI is InChI=1S/C21H20N4O2S/c1-14-19-11-15(12-22-20(19)24(2)23-14)21(26)25(13-18-5-4-10-28-18)16-6-8-17(27-3)9-7-16/h4-12H,13H2,1-3H3. The van der Waals surface area contributed by atoms with Gasteiger partial charge in [-0.2, -0.15) is 5.10 Å². The molecule has 0 aliphatic rings. The number of amides is 1. The summed E-state index contributed by atoms with van der Waals surface area (Å²) >= 11 is 1.63. The number of carbonyl (C=O) groups is 1. The molecule has 1 amide bonds. The summed E-state index contributed by atoms with van der Waals surface area (Å²) in [5, 5.41) is 7.29. The highest BCUT2D eigenvalue weighted by molar-refractivity contribution is 7.09. The summed E-state index contributed by atoms with van der Waals surface area (Å²) in [7, 11) is 3.48. The molecule has 0 fully saturated rings. The first-order chi connectivity index (χ1) is 13.6. The molecule has 0 aliphatic carbocycles. The lowest BCUT2D eigenvalue weighted by molar-refractivity contribution is 0.0985. The molecule has 0 saturated heterocycles. The molecule has 1 aromatic carbocycles. The Bertz CT molecular complexity index is 1120. The summed E-state index contributed by atoms with van der Waals surface area (Å²) in [5.74, 6) is 0.651. The van der Waals surface area contributed by atoms with Crippen molar-refractivity contribution in [3.63, 3.8) is 0 Å². The minimum atomic E-state index is -0.101. The van der Waals surface area contributed by atoms with E-state index in [4.69, 9.17) is 4.74 Å². The Kier molecular flexibility index (Phi) is 4.83. The minimum Gasteiger partial charge on any atom is -0.497 e. The Hall–Kier alpha value is -3.19. The monoisotopic (exact) mass is 392 g/mol. The second-order valence-corrected chi connectivity index (χ2v) is 7.51. The van der Waals surface area contributed by atoms with Gasteiger partial charge in [-0.15, -0.1) is 11.3 Å². The lowest BCUT2D eigenvalue weighted by atomic mass is 10.1. The summed E-state index contributed by atoms with van der Waals surface area (Å²) < 4.78 is 6.97. The first kappa shape index (κ1) is 18.2. The summed E-state index contributed by atoms with van der Waals surface area (Å²) in [5.41, 5.74) is 2.97. The fourth-order valence-electron chi connectivity index (χ4n) is 3.18. The van der Waals surface area contributed by atoms with E-state index in [0.29, 0.717) is 12.1 Å². The molecule has 3 aromatic heterocycles. The maximum Gasteiger partial charge on any atom is 0.260 e. The summed E-state index contributed by atoms with van der Waals surface area (Å²) in [6, 6.07) is 13.4. The number of nitrogens with zero attached hydrogens (tertiary/aromatic N) is 4. The number of fused-ring (bicyclic) bond motifs is 1. The Morgan fingerprint density at radius 1 is 1.25 bits per heavy atom. The Morgan fingerprint density at radius 2 is 2.04 bits per heavy atom. The Morgan fingerprint density at radius 3 is 2.71 bits per heavy atom. The van der Waals surface area contributed by atoms with E-state index < -0.39 is 0 Å². The molecule has 4 aromatic rings. The van der Waals surface area contributed by atoms with Crippen molar-refractivity contribution in [1.29, 1.82) is 0 Å². The number of anilines is 1. The number of hydrogen-bond acceptors (Lipinski definition) is 5. The molecule has 4 rings (SSSR count). The molecule has 0 aliphatic heterocycles. The zero-order chi connectivity index (χ0) is 19.7. The van der Waals surface area contributed by atoms with Crippen LogP contribution in [0, 0.1) is 6.92 Å². The van der Waals surface area contributed by atoms with Crippen LogP contribution >= 0.6 is 11.3 Å². The predicted octanol–water partition coefficient (Wildman–Crippen LogP) is 4.19. The van der Waals surface area contributed by atoms with Crippen LogP contribution in [0.15, 0.2) is 54.0 Å². The van der Waals surface area contributed by atoms with Crippen LogP contribution in [-0.4, -0.2) is 27.8 Å². The van der Waals surface area contributed by atoms with E-state index in [1.807, 2.05) is 61.8 Å². The maximum absolute atomic E-state index is 13.4. The highest BCUT2D eigenvalue weighted by atomic mass is 32.1. The van der Waals surface area contributed by atoms with Crippen molar-refractivity contribution >= 4 is 34.0 Å². The number of ether oxygens (including phenoxy) is 1. The van der Waals surface area contributed by atoms with Gasteiger partial charge in [0.15, 0.2) is 5.65 Å². The van der Waals surface area contributed by atoms with Crippen LogP contribution in [0.3, 0.4) is 0 Å². The van der Waals surface area contributed by atoms with Crippen LogP contribution in [-0.2, 0) is 13.6 Å². The quantitative estimate of drug-likeness (QED) is 0.511. The first-order valence-electron chi connectivity index (χ1n) is 8.84. The van der Waals surface area contributed by atoms with E-state index in [0.717, 1.165) is 33.0 Å². The zero-order valence-corrected chi connectivity index (χ0v) is 16.7. The van der Waals surface area contributed by atoms with Gasteiger partial charge in [0.25, 0.3) is 5.91 Å². The molecule has 0 radical (unpaired) electrons. The summed E-state index contributed by atoms with van der Waals surface area (Å²) in [6.07, 6.45) is 1.62. The molecule has 7 heteroatoms. The molecule has 0 bridgehead atoms. The summed E-state index contributed by atoms with van der Waals surface area (Å²) in [6.45, 7) is 2.41. The van der Waals surface area contributed by atoms with Crippen LogP contribution in [0.2, 0.25) is 0 Å². The molecule has 0 unspecified atom stereocenters. The number of aromatic nitrogens is 3. The second kappa shape index (κ2) is 7.44. The lowest BCUT2D eigenvalue weighted by Gasteiger charge is -2.22. The van der Waals surface area contributed by atoms with Crippen LogP contribution in [0.5, 0.6) is 5.75 Å². The molecular formula is C21H20N4O2S. The SMILES string of the molecule is COc1ccc(N(Cc2cccs2)C(=O)c2cnc3c(c2)c(C)nn3C)cc1. The molecule has 0 spiro atoms. The van der Waals surface area contributed by atoms with Crippen molar-refractivity contribution in [2.45, 2.75) is 13.5 Å². The third kappa shape index (κ3) is 3.36. The number of methoxy groups -OCH3 is 1. The molecule has 0 saturated carbocycles. The minimum absolute atomic E-state index is 0.101. The molecule has 142 valence electrons. The largest absolute Gasteiger partial charge is 0.497 e. The van der Waals surface area contributed by atoms with Gasteiger partial charge in [-0.05, 0) is 48.7 Å². The van der Waals surface area contributed by atoms with E-state index in [1.165, 1.54) is 0 Å². The molecule has 0 atom stereocenters. The highest BCUT2D eigenvalue weighted by Crippen LogP contribution is 2.25. The number of benzene rings is 1. The van der Waals surface area contributed by atoms with Crippen LogP contribution in [0.1, 0.15) is 20.9 Å². The first-order valence-corrected chi connectivity index (χ1v) is 9.72. The van der Waals surface area contributed by atoms with Crippen molar-refractivity contribution in [3.8, 4) is 5.75 Å². The van der Waals surface area contributed by atoms with Crippen molar-refractivity contribution in [1.82, 2.24) is 14.8 Å². The fourth-order valence-corrected chi connectivity index (χ4v) is 3.87. The molecule has 6 nitrogen and oxygen atoms in total. The van der Waals surface area contributed by atoms with Gasteiger partial charge in [0.05, 0.1) is 24.9 Å². The Labute approximate surface area is 167 Å². The van der Waals surface area contributed by atoms with E-state index >= 15 is 0 Å². The highest BCUT2D eigenvalue weighted by Gasteiger charge is 2.20. The third-order valence-corrected chi connectivity index (χ3v) is 5.49. The molecule has 3 heterocycles. The zero-order valence-electron chi connectivity index (χ0n) is 15.9. The number of thiophene rings is 1. The third-order valence-electron chi connectivity index (χ3n) is 4.63. The maximum atomic E-state index is 13.4. The van der Waals surface area contributed by atoms with E-state index in [2.05, 4.69) is 10.1 Å². The van der Waals surface area contributed by atoms with E-state index in [-0.39, 0.29) is 5.91 Å². The number of carbonyl (C=O) groups excluding carboxylic acids is 1. The van der Waals surface area contributed by atoms with Crippen LogP contribution in [0.4, 0.5) is 5.69 Å². The van der Waals surface area contributed by atoms with Crippen molar-refractivity contribution in [2.24, 2.45) is 7.05 Å². The fraction of sp³-hybridized carbons (Fsp3) is 0.190. The average molecular weight is 392 g/mol. The van der Waals surface area contributed by atoms with Gasteiger partial charge in [0, 0.05) is 29.2 Å². The van der Waals surface area contributed by atoms with E-state index in [1.54, 1.807) is 34.2 Å². The number of hydrogen-bond donors (Lipinski definition) is 0. The lowest BCUT2D eigenvalue weighted by Crippen LogP contribution is -2.30. The van der Waals surface area contributed by atoms with E-state index in [9.17, 15) is 4.79 Å². The van der Waals surface area contributed by atoms with Gasteiger partial charge >= 0.3 is 0 Å². The van der Waals surface area contributed by atoms with Gasteiger partial charge in [-0.3, -0.25) is 9.48 Å². The predicted molar refractivity (Wildman–Crippen MR) is 111 cm³/mol. The average Bonchev–Trinajstić information content (AvgIpc) is 3.33. The van der Waals surface area contributed by atoms with Gasteiger partial charge in [0.2, 0.25) is 0 Å².